The van der Waals surface area contributed by atoms with Gasteiger partial charge in [-0.3, -0.25) is 14.4 Å². The molecule has 0 aromatic heterocycles. The summed E-state index contributed by atoms with van der Waals surface area (Å²) in [5, 5.41) is 10.5. The first-order valence-electron chi connectivity index (χ1n) is 10.7. The van der Waals surface area contributed by atoms with E-state index < -0.39 is 35.8 Å². The first kappa shape index (κ1) is 28.6. The van der Waals surface area contributed by atoms with Crippen LogP contribution in [0.15, 0.2) is 36.2 Å². The number of carbonyl (C=O) groups excluding carboxylic acids is 4. The van der Waals surface area contributed by atoms with Gasteiger partial charge in [0.05, 0.1) is 13.1 Å². The Morgan fingerprint density at radius 3 is 2.48 bits per heavy atom. The second-order valence-electron chi connectivity index (χ2n) is 7.56. The fraction of sp³-hybridized carbons (Fsp3) is 0.545. The van der Waals surface area contributed by atoms with Crippen LogP contribution in [-0.2, 0) is 23.9 Å². The fourth-order valence-corrected chi connectivity index (χ4v) is 3.94. The number of allylic oxidation sites excluding steroid dienone is 2. The summed E-state index contributed by atoms with van der Waals surface area (Å²) in [6.07, 6.45) is 7.61. The SMILES string of the molecule is C=C1C[C@@H](/C=C/CCSSC)OC(=O)C(C(C)C)NC(=O)/C(=C/C)NC(=O)CNC(=O)CN1. The molecule has 1 rings (SSSR count). The van der Waals surface area contributed by atoms with Crippen LogP contribution in [0, 0.1) is 5.92 Å². The molecule has 0 aromatic carbocycles. The normalized spacial score (nSPS) is 23.2. The van der Waals surface area contributed by atoms with E-state index in [1.807, 2.05) is 12.3 Å². The van der Waals surface area contributed by atoms with Crippen molar-refractivity contribution in [3.05, 3.63) is 36.2 Å². The summed E-state index contributed by atoms with van der Waals surface area (Å²) in [6.45, 7) is 8.68. The largest absolute Gasteiger partial charge is 0.456 e. The molecule has 1 fully saturated rings. The summed E-state index contributed by atoms with van der Waals surface area (Å²) in [5.74, 6) is -1.52. The molecule has 0 aromatic rings. The van der Waals surface area contributed by atoms with Gasteiger partial charge in [-0.15, -0.1) is 0 Å². The quantitative estimate of drug-likeness (QED) is 0.143. The minimum absolute atomic E-state index is 0.0194. The smallest absolute Gasteiger partial charge is 0.329 e. The molecule has 0 saturated carbocycles. The molecule has 2 atom stereocenters. The molecule has 1 aliphatic heterocycles. The molecule has 1 heterocycles. The van der Waals surface area contributed by atoms with Crippen LogP contribution in [0.4, 0.5) is 0 Å². The van der Waals surface area contributed by atoms with Crippen molar-refractivity contribution in [3.8, 4) is 0 Å². The summed E-state index contributed by atoms with van der Waals surface area (Å²) < 4.78 is 5.71. The highest BCUT2D eigenvalue weighted by atomic mass is 33.1. The summed E-state index contributed by atoms with van der Waals surface area (Å²) in [4.78, 5) is 49.8. The number of esters is 1. The molecule has 11 heteroatoms. The molecule has 0 radical (unpaired) electrons. The van der Waals surface area contributed by atoms with E-state index in [-0.39, 0.29) is 31.1 Å². The Hall–Kier alpha value is -2.40. The first-order chi connectivity index (χ1) is 15.7. The van der Waals surface area contributed by atoms with Gasteiger partial charge in [-0.05, 0) is 31.6 Å². The second-order valence-corrected chi connectivity index (χ2v) is 10.2. The molecule has 1 saturated heterocycles. The fourth-order valence-electron chi connectivity index (χ4n) is 2.75. The molecule has 9 nitrogen and oxygen atoms in total. The van der Waals surface area contributed by atoms with Crippen LogP contribution in [-0.4, -0.2) is 60.9 Å². The van der Waals surface area contributed by atoms with Gasteiger partial charge >= 0.3 is 5.97 Å². The van der Waals surface area contributed by atoms with Crippen LogP contribution in [0.2, 0.25) is 0 Å². The maximum atomic E-state index is 13.0. The van der Waals surface area contributed by atoms with Crippen LogP contribution < -0.4 is 21.3 Å². The molecule has 4 N–H and O–H groups in total. The van der Waals surface area contributed by atoms with E-state index in [0.717, 1.165) is 12.2 Å². The van der Waals surface area contributed by atoms with Gasteiger partial charge in [0.1, 0.15) is 17.8 Å². The molecular weight excluding hydrogens is 464 g/mol. The van der Waals surface area contributed by atoms with Crippen molar-refractivity contribution in [2.75, 3.05) is 25.1 Å². The van der Waals surface area contributed by atoms with E-state index in [4.69, 9.17) is 4.74 Å². The lowest BCUT2D eigenvalue weighted by Crippen LogP contribution is -2.49. The summed E-state index contributed by atoms with van der Waals surface area (Å²) in [5.41, 5.74) is 0.484. The van der Waals surface area contributed by atoms with Crippen molar-refractivity contribution >= 4 is 45.3 Å². The number of nitrogens with one attached hydrogen (secondary N) is 4. The zero-order valence-electron chi connectivity index (χ0n) is 19.6. The van der Waals surface area contributed by atoms with Crippen LogP contribution >= 0.6 is 21.6 Å². The highest BCUT2D eigenvalue weighted by molar-refractivity contribution is 8.76. The van der Waals surface area contributed by atoms with Gasteiger partial charge < -0.3 is 26.0 Å². The number of ether oxygens (including phenoxy) is 1. The third-order valence-corrected chi connectivity index (χ3v) is 6.36. The Morgan fingerprint density at radius 2 is 1.85 bits per heavy atom. The second kappa shape index (κ2) is 15.4. The van der Waals surface area contributed by atoms with Crippen LogP contribution in [0.25, 0.3) is 0 Å². The van der Waals surface area contributed by atoms with E-state index in [9.17, 15) is 19.2 Å². The number of carbonyl (C=O) groups is 4. The maximum absolute atomic E-state index is 13.0. The van der Waals surface area contributed by atoms with E-state index in [1.54, 1.807) is 48.4 Å². The lowest BCUT2D eigenvalue weighted by Gasteiger charge is -2.25. The van der Waals surface area contributed by atoms with Crippen molar-refractivity contribution in [3.63, 3.8) is 0 Å². The summed E-state index contributed by atoms with van der Waals surface area (Å²) in [7, 11) is 3.41. The van der Waals surface area contributed by atoms with Crippen molar-refractivity contribution in [1.29, 1.82) is 0 Å². The van der Waals surface area contributed by atoms with Crippen LogP contribution in [0.1, 0.15) is 33.6 Å². The average molecular weight is 499 g/mol. The molecule has 3 amide bonds. The number of rotatable bonds is 6. The van der Waals surface area contributed by atoms with Gasteiger partial charge in [0.2, 0.25) is 11.8 Å². The predicted molar refractivity (Wildman–Crippen MR) is 133 cm³/mol. The Kier molecular flexibility index (Phi) is 13.4. The van der Waals surface area contributed by atoms with E-state index >= 15 is 0 Å². The Labute approximate surface area is 203 Å². The lowest BCUT2D eigenvalue weighted by molar-refractivity contribution is -0.152. The van der Waals surface area contributed by atoms with Crippen LogP contribution in [0.3, 0.4) is 0 Å². The van der Waals surface area contributed by atoms with Crippen molar-refractivity contribution < 1.29 is 23.9 Å². The highest BCUT2D eigenvalue weighted by Crippen LogP contribution is 2.18. The molecule has 33 heavy (non-hydrogen) atoms. The van der Waals surface area contributed by atoms with Gasteiger partial charge in [0.15, 0.2) is 0 Å². The minimum Gasteiger partial charge on any atom is -0.456 e. The lowest BCUT2D eigenvalue weighted by atomic mass is 10.0. The van der Waals surface area contributed by atoms with Gasteiger partial charge in [-0.2, -0.15) is 0 Å². The summed E-state index contributed by atoms with van der Waals surface area (Å²) in [6, 6.07) is -0.916. The molecular formula is C22H34N4O5S2. The molecule has 1 aliphatic rings. The van der Waals surface area contributed by atoms with Gasteiger partial charge in [-0.1, -0.05) is 54.2 Å². The Morgan fingerprint density at radius 1 is 1.15 bits per heavy atom. The predicted octanol–water partition coefficient (Wildman–Crippen LogP) is 1.64. The Bertz CT molecular complexity index is 783. The topological polar surface area (TPSA) is 126 Å². The van der Waals surface area contributed by atoms with Gasteiger partial charge in [0, 0.05) is 17.9 Å². The standard InChI is InChI=1S/C22H34N4O5S2/c1-6-17-21(29)26-20(14(2)3)22(30)31-16(9-7-8-10-33-32-5)11-15(4)23-12-18(27)24-13-19(28)25-17/h6-7,9,14,16,20,23H,4,8,10-13H2,1-3,5H3,(H,24,27)(H,25,28)(H,26,29)/b9-7+,17-6-/t16-,20?/m1/s1. The Balaban J connectivity index is 3.10. The van der Waals surface area contributed by atoms with Crippen molar-refractivity contribution in [2.45, 2.75) is 45.8 Å². The third kappa shape index (κ3) is 11.3. The molecule has 0 aliphatic carbocycles. The molecule has 1 unspecified atom stereocenters. The molecule has 184 valence electrons. The minimum atomic E-state index is -0.916. The van der Waals surface area contributed by atoms with E-state index in [1.165, 1.54) is 6.08 Å². The summed E-state index contributed by atoms with van der Waals surface area (Å²) >= 11 is 0. The number of amides is 3. The first-order valence-corrected chi connectivity index (χ1v) is 13.4. The number of hydrogen-bond acceptors (Lipinski definition) is 8. The van der Waals surface area contributed by atoms with Crippen LogP contribution in [0.5, 0.6) is 0 Å². The van der Waals surface area contributed by atoms with Gasteiger partial charge in [0.25, 0.3) is 5.91 Å². The van der Waals surface area contributed by atoms with E-state index in [2.05, 4.69) is 27.8 Å². The number of hydrogen-bond donors (Lipinski definition) is 4. The zero-order valence-corrected chi connectivity index (χ0v) is 21.2. The highest BCUT2D eigenvalue weighted by Gasteiger charge is 2.29. The van der Waals surface area contributed by atoms with Crippen molar-refractivity contribution in [2.24, 2.45) is 5.92 Å². The monoisotopic (exact) mass is 498 g/mol. The molecule has 0 bridgehead atoms. The maximum Gasteiger partial charge on any atom is 0.329 e. The zero-order chi connectivity index (χ0) is 24.8. The average Bonchev–Trinajstić information content (AvgIpc) is 2.76. The number of cyclic esters (lactones) is 1. The van der Waals surface area contributed by atoms with E-state index in [0.29, 0.717) is 5.70 Å². The van der Waals surface area contributed by atoms with Crippen molar-refractivity contribution in [1.82, 2.24) is 21.3 Å². The third-order valence-electron chi connectivity index (χ3n) is 4.51. The van der Waals surface area contributed by atoms with Gasteiger partial charge in [-0.25, -0.2) is 4.79 Å². The molecule has 0 spiro atoms.